The van der Waals surface area contributed by atoms with Crippen LogP contribution in [-0.2, 0) is 0 Å². The number of nitriles is 1. The van der Waals surface area contributed by atoms with Crippen LogP contribution in [0.5, 0.6) is 0 Å². The molecule has 0 unspecified atom stereocenters. The Kier molecular flexibility index (Phi) is 2.76. The summed E-state index contributed by atoms with van der Waals surface area (Å²) < 4.78 is 5.45. The molecule has 88 valence electrons. The van der Waals surface area contributed by atoms with E-state index in [0.717, 1.165) is 16.8 Å². The molecule has 0 aliphatic rings. The van der Waals surface area contributed by atoms with Crippen LogP contribution in [0.15, 0.2) is 22.6 Å². The van der Waals surface area contributed by atoms with Crippen LogP contribution in [0.2, 0.25) is 0 Å². The number of aromatic nitrogens is 1. The van der Waals surface area contributed by atoms with Crippen LogP contribution >= 0.6 is 0 Å². The molecule has 1 aromatic heterocycles. The molecular formula is C13H15N3O. The molecule has 0 spiro atoms. The molecule has 0 aliphatic carbocycles. The first-order chi connectivity index (χ1) is 8.00. The lowest BCUT2D eigenvalue weighted by Gasteiger charge is -2.16. The van der Waals surface area contributed by atoms with Crippen molar-refractivity contribution in [1.82, 2.24) is 4.98 Å². The Hall–Kier alpha value is -2.02. The number of nitrogens with zero attached hydrogens (tertiary/aromatic N) is 2. The Morgan fingerprint density at radius 2 is 2.24 bits per heavy atom. The van der Waals surface area contributed by atoms with Gasteiger partial charge in [0.25, 0.3) is 0 Å². The average Bonchev–Trinajstić information content (AvgIpc) is 2.66. The summed E-state index contributed by atoms with van der Waals surface area (Å²) in [6.07, 6.45) is 0. The fraction of sp³-hybridized carbons (Fsp3) is 0.385. The maximum atomic E-state index is 8.93. The van der Waals surface area contributed by atoms with Crippen LogP contribution in [-0.4, -0.2) is 11.5 Å². The van der Waals surface area contributed by atoms with Crippen molar-refractivity contribution < 1.29 is 4.42 Å². The van der Waals surface area contributed by atoms with Crippen LogP contribution in [0.1, 0.15) is 19.7 Å². The molecule has 2 aromatic rings. The van der Waals surface area contributed by atoms with Crippen molar-refractivity contribution in [2.24, 2.45) is 5.41 Å². The van der Waals surface area contributed by atoms with E-state index < -0.39 is 0 Å². The Bertz CT molecular complexity index is 578. The summed E-state index contributed by atoms with van der Waals surface area (Å²) in [6.45, 7) is 6.22. The zero-order chi connectivity index (χ0) is 12.5. The quantitative estimate of drug-likeness (QED) is 0.878. The largest absolute Gasteiger partial charge is 0.441 e. The molecule has 0 radical (unpaired) electrons. The summed E-state index contributed by atoms with van der Waals surface area (Å²) in [7, 11) is 0. The summed E-state index contributed by atoms with van der Waals surface area (Å²) in [5.41, 5.74) is 2.18. The number of rotatable bonds is 3. The van der Waals surface area contributed by atoms with Gasteiger partial charge in [-0.15, -0.1) is 0 Å². The van der Waals surface area contributed by atoms with E-state index >= 15 is 0 Å². The molecule has 0 saturated heterocycles. The molecule has 4 nitrogen and oxygen atoms in total. The fourth-order valence-corrected chi connectivity index (χ4v) is 1.51. The Labute approximate surface area is 100 Å². The second kappa shape index (κ2) is 4.10. The number of anilines is 1. The maximum absolute atomic E-state index is 8.93. The third-order valence-corrected chi connectivity index (χ3v) is 2.53. The fourth-order valence-electron chi connectivity index (χ4n) is 1.51. The van der Waals surface area contributed by atoms with Gasteiger partial charge in [-0.3, -0.25) is 0 Å². The summed E-state index contributed by atoms with van der Waals surface area (Å²) >= 11 is 0. The van der Waals surface area contributed by atoms with Crippen LogP contribution in [0.4, 0.5) is 5.69 Å². The predicted molar refractivity (Wildman–Crippen MR) is 66.6 cm³/mol. The highest BCUT2D eigenvalue weighted by Gasteiger charge is 2.16. The van der Waals surface area contributed by atoms with Gasteiger partial charge in [0.1, 0.15) is 5.52 Å². The lowest BCUT2D eigenvalue weighted by Crippen LogP contribution is -2.20. The summed E-state index contributed by atoms with van der Waals surface area (Å²) in [6, 6.07) is 8.01. The van der Waals surface area contributed by atoms with Gasteiger partial charge in [0.15, 0.2) is 11.5 Å². The number of fused-ring (bicyclic) bond motifs is 1. The highest BCUT2D eigenvalue weighted by atomic mass is 16.3. The minimum Gasteiger partial charge on any atom is -0.441 e. The van der Waals surface area contributed by atoms with E-state index in [4.69, 9.17) is 9.68 Å². The first kappa shape index (κ1) is 11.5. The third kappa shape index (κ3) is 2.56. The van der Waals surface area contributed by atoms with Crippen molar-refractivity contribution in [3.05, 3.63) is 24.1 Å². The SMILES string of the molecule is Cc1nc2ccc(NCC(C)(C)C#N)cc2o1. The Morgan fingerprint density at radius 3 is 2.94 bits per heavy atom. The highest BCUT2D eigenvalue weighted by molar-refractivity contribution is 5.77. The molecule has 0 atom stereocenters. The zero-order valence-corrected chi connectivity index (χ0v) is 10.2. The molecule has 4 heteroatoms. The summed E-state index contributed by atoms with van der Waals surface area (Å²) in [4.78, 5) is 4.23. The second-order valence-electron chi connectivity index (χ2n) is 4.76. The molecule has 0 saturated carbocycles. The van der Waals surface area contributed by atoms with Crippen molar-refractivity contribution in [2.45, 2.75) is 20.8 Å². The molecule has 17 heavy (non-hydrogen) atoms. The lowest BCUT2D eigenvalue weighted by molar-refractivity contribution is 0.528. The molecular weight excluding hydrogens is 214 g/mol. The third-order valence-electron chi connectivity index (χ3n) is 2.53. The van der Waals surface area contributed by atoms with Gasteiger partial charge in [0.05, 0.1) is 11.5 Å². The van der Waals surface area contributed by atoms with Gasteiger partial charge in [-0.25, -0.2) is 4.98 Å². The van der Waals surface area contributed by atoms with E-state index in [9.17, 15) is 0 Å². The normalized spacial score (nSPS) is 11.4. The van der Waals surface area contributed by atoms with Gasteiger partial charge in [0.2, 0.25) is 0 Å². The Morgan fingerprint density at radius 1 is 1.47 bits per heavy atom. The molecule has 0 amide bonds. The maximum Gasteiger partial charge on any atom is 0.192 e. The number of hydrogen-bond acceptors (Lipinski definition) is 4. The van der Waals surface area contributed by atoms with Gasteiger partial charge in [0, 0.05) is 25.2 Å². The van der Waals surface area contributed by atoms with Crippen LogP contribution in [0.25, 0.3) is 11.1 Å². The molecule has 1 N–H and O–H groups in total. The monoisotopic (exact) mass is 229 g/mol. The van der Waals surface area contributed by atoms with Crippen molar-refractivity contribution >= 4 is 16.8 Å². The van der Waals surface area contributed by atoms with E-state index in [0.29, 0.717) is 12.4 Å². The summed E-state index contributed by atoms with van der Waals surface area (Å²) in [5.74, 6) is 0.662. The zero-order valence-electron chi connectivity index (χ0n) is 10.2. The highest BCUT2D eigenvalue weighted by Crippen LogP contribution is 2.21. The first-order valence-electron chi connectivity index (χ1n) is 5.52. The smallest absolute Gasteiger partial charge is 0.192 e. The van der Waals surface area contributed by atoms with Crippen molar-refractivity contribution in [3.8, 4) is 6.07 Å². The average molecular weight is 229 g/mol. The standard InChI is InChI=1S/C13H15N3O/c1-9-16-11-5-4-10(6-12(11)17-9)15-8-13(2,3)7-14/h4-6,15H,8H2,1-3H3. The van der Waals surface area contributed by atoms with Gasteiger partial charge in [-0.05, 0) is 26.0 Å². The van der Waals surface area contributed by atoms with E-state index in [1.54, 1.807) is 0 Å². The van der Waals surface area contributed by atoms with Crippen LogP contribution < -0.4 is 5.32 Å². The minimum absolute atomic E-state index is 0.383. The number of aryl methyl sites for hydroxylation is 1. The molecule has 2 rings (SSSR count). The van der Waals surface area contributed by atoms with Gasteiger partial charge >= 0.3 is 0 Å². The van der Waals surface area contributed by atoms with Crippen molar-refractivity contribution in [1.29, 1.82) is 5.26 Å². The minimum atomic E-state index is -0.383. The van der Waals surface area contributed by atoms with Crippen LogP contribution in [0, 0.1) is 23.7 Å². The number of hydrogen-bond donors (Lipinski definition) is 1. The van der Waals surface area contributed by atoms with E-state index in [2.05, 4.69) is 16.4 Å². The summed E-state index contributed by atoms with van der Waals surface area (Å²) in [5, 5.41) is 12.2. The Balaban J connectivity index is 2.17. The molecule has 1 aromatic carbocycles. The van der Waals surface area contributed by atoms with E-state index in [1.807, 2.05) is 39.0 Å². The second-order valence-corrected chi connectivity index (χ2v) is 4.76. The number of nitrogens with one attached hydrogen (secondary N) is 1. The van der Waals surface area contributed by atoms with Crippen LogP contribution in [0.3, 0.4) is 0 Å². The van der Waals surface area contributed by atoms with Gasteiger partial charge in [-0.2, -0.15) is 5.26 Å². The number of benzene rings is 1. The topological polar surface area (TPSA) is 61.9 Å². The first-order valence-corrected chi connectivity index (χ1v) is 5.52. The van der Waals surface area contributed by atoms with Gasteiger partial charge < -0.3 is 9.73 Å². The van der Waals surface area contributed by atoms with Crippen molar-refractivity contribution in [3.63, 3.8) is 0 Å². The lowest BCUT2D eigenvalue weighted by atomic mass is 9.96. The molecule has 0 fully saturated rings. The van der Waals surface area contributed by atoms with Crippen molar-refractivity contribution in [2.75, 3.05) is 11.9 Å². The van der Waals surface area contributed by atoms with E-state index in [-0.39, 0.29) is 5.41 Å². The van der Waals surface area contributed by atoms with E-state index in [1.165, 1.54) is 0 Å². The molecule has 0 aliphatic heterocycles. The van der Waals surface area contributed by atoms with Gasteiger partial charge in [-0.1, -0.05) is 0 Å². The number of oxazole rings is 1. The molecule has 0 bridgehead atoms. The molecule has 1 heterocycles. The predicted octanol–water partition coefficient (Wildman–Crippen LogP) is 3.10.